The predicted octanol–water partition coefficient (Wildman–Crippen LogP) is 1.03. The normalized spacial score (nSPS) is 9.11. The molecule has 9 heavy (non-hydrogen) atoms. The zero-order valence-electron chi connectivity index (χ0n) is 4.89. The molecule has 47 valence electrons. The van der Waals surface area contributed by atoms with Crippen LogP contribution in [0.1, 0.15) is 0 Å². The molecule has 0 fully saturated rings. The summed E-state index contributed by atoms with van der Waals surface area (Å²) in [6, 6.07) is 3.64. The minimum absolute atomic E-state index is 0.372. The van der Waals surface area contributed by atoms with E-state index in [1.807, 2.05) is 0 Å². The maximum absolute atomic E-state index is 12.0. The van der Waals surface area contributed by atoms with Gasteiger partial charge < -0.3 is 4.74 Å². The van der Waals surface area contributed by atoms with Gasteiger partial charge in [0.05, 0.1) is 13.3 Å². The van der Waals surface area contributed by atoms with Gasteiger partial charge in [0, 0.05) is 12.1 Å². The molecule has 1 radical (unpaired) electrons. The van der Waals surface area contributed by atoms with Gasteiger partial charge in [-0.3, -0.25) is 0 Å². The molecule has 0 aromatic carbocycles. The lowest BCUT2D eigenvalue weighted by atomic mass is 10.5. The minimum Gasteiger partial charge on any atom is -0.481 e. The van der Waals surface area contributed by atoms with Crippen molar-refractivity contribution in [3.8, 4) is 5.88 Å². The summed E-state index contributed by atoms with van der Waals surface area (Å²) in [4.78, 5) is 3.57. The van der Waals surface area contributed by atoms with Crippen molar-refractivity contribution in [2.45, 2.75) is 0 Å². The van der Waals surface area contributed by atoms with Crippen LogP contribution in [-0.2, 0) is 0 Å². The lowest BCUT2D eigenvalue weighted by molar-refractivity contribution is 0.395. The van der Waals surface area contributed by atoms with E-state index < -0.39 is 5.82 Å². The third-order valence-electron chi connectivity index (χ3n) is 0.848. The van der Waals surface area contributed by atoms with E-state index in [-0.39, 0.29) is 0 Å². The van der Waals surface area contributed by atoms with Gasteiger partial charge in [-0.1, -0.05) is 0 Å². The predicted molar refractivity (Wildman–Crippen MR) is 29.6 cm³/mol. The van der Waals surface area contributed by atoms with Gasteiger partial charge in [0.2, 0.25) is 5.88 Å². The van der Waals surface area contributed by atoms with Crippen LogP contribution in [0.4, 0.5) is 4.39 Å². The Hall–Kier alpha value is -1.12. The summed E-state index contributed by atoms with van der Waals surface area (Å²) in [6.45, 7) is 0. The van der Waals surface area contributed by atoms with Crippen molar-refractivity contribution in [1.29, 1.82) is 0 Å². The number of methoxy groups -OCH3 is 1. The second-order valence-electron chi connectivity index (χ2n) is 1.44. The SMILES string of the molecule is COc1c[c]c(F)cn1. The molecular weight excluding hydrogens is 121 g/mol. The number of rotatable bonds is 1. The topological polar surface area (TPSA) is 22.1 Å². The van der Waals surface area contributed by atoms with Crippen LogP contribution in [-0.4, -0.2) is 12.1 Å². The van der Waals surface area contributed by atoms with Crippen LogP contribution >= 0.6 is 0 Å². The van der Waals surface area contributed by atoms with E-state index in [1.54, 1.807) is 0 Å². The molecule has 0 unspecified atom stereocenters. The Morgan fingerprint density at radius 2 is 2.56 bits per heavy atom. The fourth-order valence-electron chi connectivity index (χ4n) is 0.437. The number of halogens is 1. The Balaban J connectivity index is 2.88. The summed E-state index contributed by atoms with van der Waals surface area (Å²) in [5.74, 6) is -0.104. The van der Waals surface area contributed by atoms with Gasteiger partial charge in [-0.2, -0.15) is 0 Å². The number of pyridine rings is 1. The molecule has 0 aliphatic rings. The second-order valence-corrected chi connectivity index (χ2v) is 1.44. The van der Waals surface area contributed by atoms with Crippen molar-refractivity contribution < 1.29 is 9.13 Å². The van der Waals surface area contributed by atoms with Crippen LogP contribution in [0.3, 0.4) is 0 Å². The number of aromatic nitrogens is 1. The Kier molecular flexibility index (Phi) is 1.63. The van der Waals surface area contributed by atoms with E-state index in [4.69, 9.17) is 0 Å². The van der Waals surface area contributed by atoms with E-state index in [0.29, 0.717) is 5.88 Å². The fourth-order valence-corrected chi connectivity index (χ4v) is 0.437. The Labute approximate surface area is 52.3 Å². The van der Waals surface area contributed by atoms with Crippen LogP contribution in [0, 0.1) is 11.9 Å². The summed E-state index contributed by atoms with van der Waals surface area (Å²) in [5.41, 5.74) is 0. The molecule has 0 spiro atoms. The van der Waals surface area contributed by atoms with Crippen LogP contribution in [0.2, 0.25) is 0 Å². The number of nitrogens with zero attached hydrogens (tertiary/aromatic N) is 1. The Morgan fingerprint density at radius 1 is 1.78 bits per heavy atom. The number of hydrogen-bond donors (Lipinski definition) is 0. The summed E-state index contributed by atoms with van der Waals surface area (Å²) in [5, 5.41) is 0. The van der Waals surface area contributed by atoms with E-state index in [0.717, 1.165) is 6.20 Å². The fraction of sp³-hybridized carbons (Fsp3) is 0.167. The van der Waals surface area contributed by atoms with Gasteiger partial charge in [0.15, 0.2) is 0 Å². The Bertz CT molecular complexity index is 185. The first-order valence-corrected chi connectivity index (χ1v) is 2.40. The van der Waals surface area contributed by atoms with Crippen LogP contribution in [0.5, 0.6) is 5.88 Å². The monoisotopic (exact) mass is 126 g/mol. The maximum Gasteiger partial charge on any atom is 0.213 e. The van der Waals surface area contributed by atoms with Crippen molar-refractivity contribution in [2.24, 2.45) is 0 Å². The maximum atomic E-state index is 12.0. The third kappa shape index (κ3) is 1.38. The molecular formula is C6H5FNO. The second kappa shape index (κ2) is 2.44. The lowest BCUT2D eigenvalue weighted by Crippen LogP contribution is -1.86. The molecule has 3 heteroatoms. The highest BCUT2D eigenvalue weighted by Gasteiger charge is 1.90. The van der Waals surface area contributed by atoms with Gasteiger partial charge in [0.1, 0.15) is 5.82 Å². The van der Waals surface area contributed by atoms with Gasteiger partial charge in [-0.15, -0.1) is 0 Å². The highest BCUT2D eigenvalue weighted by molar-refractivity contribution is 5.08. The summed E-state index contributed by atoms with van der Waals surface area (Å²) < 4.78 is 16.7. The largest absolute Gasteiger partial charge is 0.481 e. The number of ether oxygens (including phenoxy) is 1. The number of hydrogen-bond acceptors (Lipinski definition) is 2. The molecule has 0 amide bonds. The quantitative estimate of drug-likeness (QED) is 0.560. The first-order valence-electron chi connectivity index (χ1n) is 2.40. The molecule has 0 saturated carbocycles. The summed E-state index contributed by atoms with van der Waals surface area (Å²) in [7, 11) is 1.47. The van der Waals surface area contributed by atoms with Gasteiger partial charge >= 0.3 is 0 Å². The van der Waals surface area contributed by atoms with Crippen LogP contribution in [0.25, 0.3) is 0 Å². The zero-order chi connectivity index (χ0) is 6.69. The molecule has 0 aliphatic carbocycles. The molecule has 1 heterocycles. The molecule has 0 aliphatic heterocycles. The third-order valence-corrected chi connectivity index (χ3v) is 0.848. The van der Waals surface area contributed by atoms with Crippen molar-refractivity contribution in [3.05, 3.63) is 24.1 Å². The average Bonchev–Trinajstić information content (AvgIpc) is 1.90. The Morgan fingerprint density at radius 3 is 3.00 bits per heavy atom. The van der Waals surface area contributed by atoms with Gasteiger partial charge in [-0.25, -0.2) is 9.37 Å². The molecule has 2 nitrogen and oxygen atoms in total. The minimum atomic E-state index is -0.476. The van der Waals surface area contributed by atoms with E-state index in [1.165, 1.54) is 13.2 Å². The van der Waals surface area contributed by atoms with E-state index in [9.17, 15) is 4.39 Å². The van der Waals surface area contributed by atoms with E-state index in [2.05, 4.69) is 15.8 Å². The zero-order valence-corrected chi connectivity index (χ0v) is 4.89. The standard InChI is InChI=1S/C6H5FNO/c1-9-6-3-2-5(7)4-8-6/h3-4H,1H3. The van der Waals surface area contributed by atoms with Crippen molar-refractivity contribution in [1.82, 2.24) is 4.98 Å². The summed E-state index contributed by atoms with van der Waals surface area (Å²) >= 11 is 0. The highest BCUT2D eigenvalue weighted by atomic mass is 19.1. The summed E-state index contributed by atoms with van der Waals surface area (Å²) in [6.07, 6.45) is 1.05. The lowest BCUT2D eigenvalue weighted by Gasteiger charge is -1.93. The first-order chi connectivity index (χ1) is 4.33. The average molecular weight is 126 g/mol. The molecule has 1 aromatic heterocycles. The van der Waals surface area contributed by atoms with Gasteiger partial charge in [-0.05, 0) is 0 Å². The van der Waals surface area contributed by atoms with Gasteiger partial charge in [0.25, 0.3) is 0 Å². The highest BCUT2D eigenvalue weighted by Crippen LogP contribution is 2.03. The molecule has 0 N–H and O–H groups in total. The van der Waals surface area contributed by atoms with Crippen molar-refractivity contribution in [3.63, 3.8) is 0 Å². The smallest absolute Gasteiger partial charge is 0.213 e. The molecule has 1 aromatic rings. The van der Waals surface area contributed by atoms with Crippen LogP contribution < -0.4 is 4.74 Å². The van der Waals surface area contributed by atoms with Crippen molar-refractivity contribution in [2.75, 3.05) is 7.11 Å². The molecule has 0 atom stereocenters. The van der Waals surface area contributed by atoms with Crippen LogP contribution in [0.15, 0.2) is 12.3 Å². The molecule has 1 rings (SSSR count). The molecule has 0 saturated heterocycles. The van der Waals surface area contributed by atoms with Crippen molar-refractivity contribution >= 4 is 0 Å². The van der Waals surface area contributed by atoms with E-state index >= 15 is 0 Å². The molecule has 0 bridgehead atoms. The first kappa shape index (κ1) is 6.01.